The van der Waals surface area contributed by atoms with Crippen molar-refractivity contribution in [2.75, 3.05) is 26.3 Å². The predicted molar refractivity (Wildman–Crippen MR) is 80.3 cm³/mol. The molecule has 1 aromatic rings. The van der Waals surface area contributed by atoms with Gasteiger partial charge in [-0.25, -0.2) is 0 Å². The van der Waals surface area contributed by atoms with Gasteiger partial charge in [-0.2, -0.15) is 0 Å². The maximum absolute atomic E-state index is 12.1. The van der Waals surface area contributed by atoms with Crippen LogP contribution >= 0.6 is 0 Å². The summed E-state index contributed by atoms with van der Waals surface area (Å²) in [7, 11) is 0. The van der Waals surface area contributed by atoms with E-state index in [0.717, 1.165) is 11.3 Å². The molecule has 6 heteroatoms. The summed E-state index contributed by atoms with van der Waals surface area (Å²) >= 11 is 0. The van der Waals surface area contributed by atoms with Crippen molar-refractivity contribution in [1.82, 2.24) is 4.90 Å². The molecule has 2 aliphatic rings. The molecule has 22 heavy (non-hydrogen) atoms. The van der Waals surface area contributed by atoms with E-state index in [1.807, 2.05) is 18.2 Å². The number of hydrogen-bond acceptors (Lipinski definition) is 4. The van der Waals surface area contributed by atoms with Gasteiger partial charge in [-0.1, -0.05) is 6.07 Å². The van der Waals surface area contributed by atoms with Gasteiger partial charge < -0.3 is 20.1 Å². The summed E-state index contributed by atoms with van der Waals surface area (Å²) in [4.78, 5) is 24.9. The zero-order valence-electron chi connectivity index (χ0n) is 12.2. The second-order valence-electron chi connectivity index (χ2n) is 5.41. The number of ether oxygens (including phenoxy) is 2. The second kappa shape index (κ2) is 6.09. The van der Waals surface area contributed by atoms with Crippen LogP contribution in [0.25, 0.3) is 6.08 Å². The Morgan fingerprint density at radius 1 is 1.23 bits per heavy atom. The molecule has 3 rings (SSSR count). The van der Waals surface area contributed by atoms with Crippen molar-refractivity contribution in [3.63, 3.8) is 0 Å². The molecule has 0 bridgehead atoms. The normalized spacial score (nSPS) is 20.4. The minimum Gasteiger partial charge on any atom is -0.486 e. The summed E-state index contributed by atoms with van der Waals surface area (Å²) in [5, 5.41) is 0. The molecule has 0 radical (unpaired) electrons. The van der Waals surface area contributed by atoms with Crippen molar-refractivity contribution in [3.8, 4) is 11.5 Å². The topological polar surface area (TPSA) is 81.9 Å². The lowest BCUT2D eigenvalue weighted by Crippen LogP contribution is -2.30. The van der Waals surface area contributed by atoms with Gasteiger partial charge >= 0.3 is 0 Å². The van der Waals surface area contributed by atoms with Crippen molar-refractivity contribution in [2.45, 2.75) is 6.42 Å². The minimum atomic E-state index is -0.342. The molecule has 1 atom stereocenters. The van der Waals surface area contributed by atoms with E-state index in [9.17, 15) is 9.59 Å². The van der Waals surface area contributed by atoms with Crippen LogP contribution in [0.4, 0.5) is 0 Å². The van der Waals surface area contributed by atoms with Crippen LogP contribution in [-0.2, 0) is 9.59 Å². The van der Waals surface area contributed by atoms with Gasteiger partial charge in [-0.05, 0) is 30.2 Å². The van der Waals surface area contributed by atoms with E-state index in [1.54, 1.807) is 11.0 Å². The van der Waals surface area contributed by atoms with Gasteiger partial charge in [0.05, 0.1) is 5.92 Å². The second-order valence-corrected chi connectivity index (χ2v) is 5.41. The van der Waals surface area contributed by atoms with Crippen LogP contribution in [0.3, 0.4) is 0 Å². The number of likely N-dealkylation sites (tertiary alicyclic amines) is 1. The van der Waals surface area contributed by atoms with Crippen LogP contribution < -0.4 is 15.2 Å². The van der Waals surface area contributed by atoms with Crippen molar-refractivity contribution in [1.29, 1.82) is 0 Å². The van der Waals surface area contributed by atoms with Crippen LogP contribution in [-0.4, -0.2) is 43.0 Å². The van der Waals surface area contributed by atoms with Gasteiger partial charge in [-0.3, -0.25) is 9.59 Å². The molecule has 0 saturated carbocycles. The van der Waals surface area contributed by atoms with Gasteiger partial charge in [0.2, 0.25) is 11.8 Å². The van der Waals surface area contributed by atoms with Gasteiger partial charge in [0.15, 0.2) is 11.5 Å². The first-order valence-corrected chi connectivity index (χ1v) is 7.29. The molecular weight excluding hydrogens is 284 g/mol. The van der Waals surface area contributed by atoms with Crippen molar-refractivity contribution < 1.29 is 19.1 Å². The highest BCUT2D eigenvalue weighted by Gasteiger charge is 2.28. The van der Waals surface area contributed by atoms with Crippen molar-refractivity contribution in [3.05, 3.63) is 29.8 Å². The number of nitrogens with two attached hydrogens (primary N) is 1. The zero-order chi connectivity index (χ0) is 15.5. The molecule has 0 aliphatic carbocycles. The number of nitrogens with zero attached hydrogens (tertiary/aromatic N) is 1. The Balaban J connectivity index is 1.64. The number of amides is 2. The third kappa shape index (κ3) is 3.05. The van der Waals surface area contributed by atoms with E-state index in [-0.39, 0.29) is 17.7 Å². The molecule has 116 valence electrons. The SMILES string of the molecule is NC(=O)[C@@H]1CCN(C(=O)/C=C/c2ccc3c(c2)OCCO3)C1. The minimum absolute atomic E-state index is 0.112. The first kappa shape index (κ1) is 14.4. The number of hydrogen-bond donors (Lipinski definition) is 1. The molecule has 1 saturated heterocycles. The Hall–Kier alpha value is -2.50. The highest BCUT2D eigenvalue weighted by atomic mass is 16.6. The molecule has 2 N–H and O–H groups in total. The van der Waals surface area contributed by atoms with Crippen LogP contribution in [0.1, 0.15) is 12.0 Å². The van der Waals surface area contributed by atoms with E-state index in [0.29, 0.717) is 38.5 Å². The quantitative estimate of drug-likeness (QED) is 0.838. The lowest BCUT2D eigenvalue weighted by molar-refractivity contribution is -0.125. The molecular formula is C16H18N2O4. The third-order valence-corrected chi connectivity index (χ3v) is 3.89. The number of carbonyl (C=O) groups is 2. The Kier molecular flexibility index (Phi) is 4.00. The number of primary amides is 1. The fourth-order valence-electron chi connectivity index (χ4n) is 2.63. The van der Waals surface area contributed by atoms with E-state index in [1.165, 1.54) is 6.08 Å². The van der Waals surface area contributed by atoms with Gasteiger partial charge in [-0.15, -0.1) is 0 Å². The summed E-state index contributed by atoms with van der Waals surface area (Å²) < 4.78 is 11.0. The molecule has 0 unspecified atom stereocenters. The average molecular weight is 302 g/mol. The largest absolute Gasteiger partial charge is 0.486 e. The van der Waals surface area contributed by atoms with Gasteiger partial charge in [0, 0.05) is 19.2 Å². The Morgan fingerprint density at radius 3 is 2.73 bits per heavy atom. The molecule has 6 nitrogen and oxygen atoms in total. The number of benzene rings is 1. The van der Waals surface area contributed by atoms with Crippen LogP contribution in [0, 0.1) is 5.92 Å². The van der Waals surface area contributed by atoms with Crippen LogP contribution in [0.2, 0.25) is 0 Å². The Labute approximate surface area is 128 Å². The van der Waals surface area contributed by atoms with Crippen molar-refractivity contribution >= 4 is 17.9 Å². The monoisotopic (exact) mass is 302 g/mol. The van der Waals surface area contributed by atoms with E-state index in [2.05, 4.69) is 0 Å². The third-order valence-electron chi connectivity index (χ3n) is 3.89. The lowest BCUT2D eigenvalue weighted by atomic mass is 10.1. The van der Waals surface area contributed by atoms with Gasteiger partial charge in [0.25, 0.3) is 0 Å². The van der Waals surface area contributed by atoms with Crippen LogP contribution in [0.5, 0.6) is 11.5 Å². The maximum Gasteiger partial charge on any atom is 0.246 e. The van der Waals surface area contributed by atoms with E-state index in [4.69, 9.17) is 15.2 Å². The average Bonchev–Trinajstić information content (AvgIpc) is 3.03. The van der Waals surface area contributed by atoms with Crippen molar-refractivity contribution in [2.24, 2.45) is 11.7 Å². The summed E-state index contributed by atoms with van der Waals surface area (Å²) in [6.45, 7) is 2.05. The summed E-state index contributed by atoms with van der Waals surface area (Å²) in [5.74, 6) is 0.728. The summed E-state index contributed by atoms with van der Waals surface area (Å²) in [5.41, 5.74) is 6.13. The Morgan fingerprint density at radius 2 is 2.00 bits per heavy atom. The molecule has 2 heterocycles. The smallest absolute Gasteiger partial charge is 0.246 e. The summed E-state index contributed by atoms with van der Waals surface area (Å²) in [6.07, 6.45) is 3.88. The molecule has 2 amide bonds. The highest BCUT2D eigenvalue weighted by molar-refractivity contribution is 5.92. The fourth-order valence-corrected chi connectivity index (χ4v) is 2.63. The Bertz CT molecular complexity index is 627. The molecule has 2 aliphatic heterocycles. The molecule has 0 spiro atoms. The van der Waals surface area contributed by atoms with Crippen LogP contribution in [0.15, 0.2) is 24.3 Å². The maximum atomic E-state index is 12.1. The molecule has 1 aromatic carbocycles. The fraction of sp³-hybridized carbons (Fsp3) is 0.375. The molecule has 1 fully saturated rings. The summed E-state index contributed by atoms with van der Waals surface area (Å²) in [6, 6.07) is 5.54. The first-order valence-electron chi connectivity index (χ1n) is 7.29. The first-order chi connectivity index (χ1) is 10.6. The standard InChI is InChI=1S/C16H18N2O4/c17-16(20)12-5-6-18(10-12)15(19)4-2-11-1-3-13-14(9-11)22-8-7-21-13/h1-4,9,12H,5-8,10H2,(H2,17,20)/b4-2+/t12-/m1/s1. The number of fused-ring (bicyclic) bond motifs is 1. The van der Waals surface area contributed by atoms with Gasteiger partial charge in [0.1, 0.15) is 13.2 Å². The lowest BCUT2D eigenvalue weighted by Gasteiger charge is -2.18. The number of rotatable bonds is 3. The van der Waals surface area contributed by atoms with E-state index < -0.39 is 0 Å². The molecule has 0 aromatic heterocycles. The van der Waals surface area contributed by atoms with E-state index >= 15 is 0 Å². The highest BCUT2D eigenvalue weighted by Crippen LogP contribution is 2.31. The zero-order valence-corrected chi connectivity index (χ0v) is 12.2. The predicted octanol–water partition coefficient (Wildman–Crippen LogP) is 0.805. The number of carbonyl (C=O) groups excluding carboxylic acids is 2.